The van der Waals surface area contributed by atoms with Crippen molar-refractivity contribution in [2.45, 2.75) is 132 Å². The van der Waals surface area contributed by atoms with Crippen molar-refractivity contribution < 1.29 is 58.0 Å². The standard InChI is InChI=1S/C12H16O3.C11H15BrO.C10H13BrO.C10H14O.C4H9.CO2.CH4.Br2.Li/c1-12(2,3)9-7-8(11(13)14)5-6-10(9)15-4;1-11(2,3)9-7-8(12)5-6-10(9)13-4;1-10(2,3)8-6-7(11)4-5-9(8)12;1-10(2,3)8-6-4-5-7-9(8)11;1-3-4-2;2-1-3;;1-2;/h5-7H,1-4H3,(H,13,14);5-7H,1-4H3;4-6,12H,1-3H3;4-7,11H,1-3H3;1,3-4H2,2H3;;1H4;;/q;;;;-1;;;;+1. The van der Waals surface area contributed by atoms with Gasteiger partial charge in [0.05, 0.1) is 19.8 Å². The predicted molar refractivity (Wildman–Crippen MR) is 269 cm³/mol. The SMILES string of the molecule is BrBr.C.CC(C)(C)c1cc(Br)ccc1O.CC(C)(C)c1ccccc1O.COc1ccc(Br)cc1C(C)(C)C.COc1ccc(C(=O)O)cc1C(C)(C)C.O=C=O.[CH2-]CCC.[Li+]. The first kappa shape index (κ1) is 68.5. The van der Waals surface area contributed by atoms with Crippen LogP contribution in [0.4, 0.5) is 0 Å². The molecule has 4 aromatic carbocycles. The molecule has 0 atom stereocenters. The van der Waals surface area contributed by atoms with E-state index in [4.69, 9.17) is 24.2 Å². The minimum absolute atomic E-state index is 0. The van der Waals surface area contributed by atoms with Gasteiger partial charge >= 0.3 is 31.0 Å². The van der Waals surface area contributed by atoms with Crippen LogP contribution in [0.25, 0.3) is 0 Å². The van der Waals surface area contributed by atoms with Gasteiger partial charge in [-0.2, -0.15) is 16.0 Å². The molecule has 0 saturated carbocycles. The van der Waals surface area contributed by atoms with E-state index in [1.54, 1.807) is 44.6 Å². The average Bonchev–Trinajstić information content (AvgIpc) is 3.16. The Labute approximate surface area is 418 Å². The van der Waals surface area contributed by atoms with Gasteiger partial charge in [0.15, 0.2) is 0 Å². The molecule has 3 N–H and O–H groups in total. The largest absolute Gasteiger partial charge is 1.00 e. The van der Waals surface area contributed by atoms with E-state index in [1.807, 2.05) is 63.2 Å². The Hall–Kier alpha value is -2.55. The minimum Gasteiger partial charge on any atom is -0.508 e. The number of carboxylic acids is 1. The molecule has 8 nitrogen and oxygen atoms in total. The molecule has 0 aliphatic heterocycles. The molecule has 4 aromatic rings. The van der Waals surface area contributed by atoms with Crippen molar-refractivity contribution in [2.24, 2.45) is 0 Å². The van der Waals surface area contributed by atoms with Crippen molar-refractivity contribution in [3.05, 3.63) is 123 Å². The number of para-hydroxylation sites is 1. The number of carbonyl (C=O) groups excluding carboxylic acids is 2. The number of ether oxygens (including phenoxy) is 2. The number of unbranched alkanes of at least 4 members (excludes halogenated alkanes) is 1. The molecule has 0 bridgehead atoms. The summed E-state index contributed by atoms with van der Waals surface area (Å²) in [6.45, 7) is 30.8. The molecule has 0 saturated heterocycles. The first-order valence-electron chi connectivity index (χ1n) is 19.0. The van der Waals surface area contributed by atoms with Crippen molar-refractivity contribution in [1.29, 1.82) is 0 Å². The second-order valence-corrected chi connectivity index (χ2v) is 19.0. The van der Waals surface area contributed by atoms with Crippen molar-refractivity contribution in [3.8, 4) is 23.0 Å². The zero-order valence-corrected chi connectivity index (χ0v) is 45.4. The molecule has 13 heteroatoms. The zero-order chi connectivity index (χ0) is 47.7. The normalized spacial score (nSPS) is 10.1. The van der Waals surface area contributed by atoms with Gasteiger partial charge in [-0.25, -0.2) is 4.79 Å². The maximum absolute atomic E-state index is 10.8. The number of methoxy groups -OCH3 is 2. The third-order valence-electron chi connectivity index (χ3n) is 8.06. The number of halogens is 4. The van der Waals surface area contributed by atoms with Crippen LogP contribution >= 0.6 is 60.1 Å². The van der Waals surface area contributed by atoms with Gasteiger partial charge in [-0.05, 0) is 87.9 Å². The number of carbonyl (C=O) groups is 1. The molecule has 0 aliphatic rings. The van der Waals surface area contributed by atoms with Crippen LogP contribution < -0.4 is 28.3 Å². The van der Waals surface area contributed by atoms with E-state index in [1.165, 1.54) is 12.0 Å². The number of phenolic OH excluding ortho intramolecular Hbond substituents is 2. The van der Waals surface area contributed by atoms with Gasteiger partial charge in [-0.3, -0.25) is 0 Å². The van der Waals surface area contributed by atoms with Gasteiger partial charge < -0.3 is 31.7 Å². The number of aromatic hydroxyl groups is 2. The number of carboxylic acid groups (broad SMARTS) is 1. The summed E-state index contributed by atoms with van der Waals surface area (Å²) in [7, 11) is 3.30. The second-order valence-electron chi connectivity index (χ2n) is 17.2. The summed E-state index contributed by atoms with van der Waals surface area (Å²) in [6.07, 6.45) is 2.53. The van der Waals surface area contributed by atoms with Crippen molar-refractivity contribution >= 4 is 72.2 Å². The third kappa shape index (κ3) is 28.3. The number of benzene rings is 4. The molecule has 0 fully saturated rings. The molecule has 0 radical (unpaired) electrons. The van der Waals surface area contributed by atoms with E-state index in [-0.39, 0.29) is 54.1 Å². The van der Waals surface area contributed by atoms with Crippen molar-refractivity contribution in [3.63, 3.8) is 0 Å². The van der Waals surface area contributed by atoms with Crippen LogP contribution in [0.1, 0.15) is 143 Å². The smallest absolute Gasteiger partial charge is 0.508 e. The third-order valence-corrected chi connectivity index (χ3v) is 9.04. The molecular weight excluding hydrogens is 1040 g/mol. The van der Waals surface area contributed by atoms with Gasteiger partial charge in [-0.1, -0.05) is 154 Å². The average molecular weight is 1110 g/mol. The Morgan fingerprint density at radius 3 is 1.24 bits per heavy atom. The van der Waals surface area contributed by atoms with Gasteiger partial charge in [0.25, 0.3) is 0 Å². The van der Waals surface area contributed by atoms with E-state index in [0.29, 0.717) is 17.1 Å². The van der Waals surface area contributed by atoms with E-state index in [2.05, 4.69) is 142 Å². The van der Waals surface area contributed by atoms with Crippen LogP contribution in [-0.4, -0.2) is 41.7 Å². The Bertz CT molecular complexity index is 1870. The summed E-state index contributed by atoms with van der Waals surface area (Å²) in [5, 5.41) is 27.9. The summed E-state index contributed by atoms with van der Waals surface area (Å²) >= 11 is 12.3. The summed E-state index contributed by atoms with van der Waals surface area (Å²) in [5.41, 5.74) is 4.41. The summed E-state index contributed by atoms with van der Waals surface area (Å²) in [6, 6.07) is 24.0. The Kier molecular flexibility index (Phi) is 37.4. The van der Waals surface area contributed by atoms with Gasteiger partial charge in [0, 0.05) is 53.9 Å². The summed E-state index contributed by atoms with van der Waals surface area (Å²) in [4.78, 5) is 27.1. The monoisotopic (exact) mass is 1110 g/mol. The Morgan fingerprint density at radius 2 is 0.935 bits per heavy atom. The van der Waals surface area contributed by atoms with E-state index in [9.17, 15) is 15.0 Å². The van der Waals surface area contributed by atoms with Crippen molar-refractivity contribution in [1.82, 2.24) is 0 Å². The Balaban J connectivity index is -0.000000217. The zero-order valence-electron chi connectivity index (χ0n) is 39.0. The van der Waals surface area contributed by atoms with Gasteiger partial charge in [0.2, 0.25) is 0 Å². The molecule has 0 unspecified atom stereocenters. The molecule has 344 valence electrons. The van der Waals surface area contributed by atoms with Crippen LogP contribution in [0.5, 0.6) is 23.0 Å². The van der Waals surface area contributed by atoms with Crippen molar-refractivity contribution in [2.75, 3.05) is 14.2 Å². The molecular formula is C49H71Br4LiO8. The molecule has 0 amide bonds. The second kappa shape index (κ2) is 33.9. The Morgan fingerprint density at radius 1 is 0.613 bits per heavy atom. The van der Waals surface area contributed by atoms with Crippen LogP contribution in [0.15, 0.2) is 87.8 Å². The molecule has 4 rings (SSSR count). The molecule has 0 heterocycles. The maximum atomic E-state index is 10.8. The fourth-order valence-electron chi connectivity index (χ4n) is 4.91. The van der Waals surface area contributed by atoms with Crippen LogP contribution in [0.3, 0.4) is 0 Å². The summed E-state index contributed by atoms with van der Waals surface area (Å²) in [5.74, 6) is 1.53. The number of hydrogen-bond acceptors (Lipinski definition) is 7. The fourth-order valence-corrected chi connectivity index (χ4v) is 5.63. The summed E-state index contributed by atoms with van der Waals surface area (Å²) < 4.78 is 12.6. The predicted octanol–water partition coefficient (Wildman–Crippen LogP) is 13.0. The van der Waals surface area contributed by atoms with E-state index in [0.717, 1.165) is 43.6 Å². The van der Waals surface area contributed by atoms with E-state index < -0.39 is 5.97 Å². The van der Waals surface area contributed by atoms with E-state index >= 15 is 0 Å². The number of aromatic carboxylic acids is 1. The van der Waals surface area contributed by atoms with Crippen LogP contribution in [0.2, 0.25) is 0 Å². The number of phenols is 2. The minimum atomic E-state index is -0.914. The first-order valence-corrected chi connectivity index (χ1v) is 24.3. The molecule has 62 heavy (non-hydrogen) atoms. The quantitative estimate of drug-likeness (QED) is 0.136. The first-order chi connectivity index (χ1) is 27.6. The molecule has 0 spiro atoms. The van der Waals surface area contributed by atoms with Crippen LogP contribution in [-0.2, 0) is 31.2 Å². The number of hydrogen-bond donors (Lipinski definition) is 3. The topological polar surface area (TPSA) is 130 Å². The fraction of sp³-hybridized carbons (Fsp3) is 0.449. The molecule has 0 aromatic heterocycles. The maximum Gasteiger partial charge on any atom is 1.00 e. The van der Waals surface area contributed by atoms with Gasteiger partial charge in [-0.15, -0.1) is 0 Å². The number of rotatable bonds is 4. The van der Waals surface area contributed by atoms with Gasteiger partial charge in [0.1, 0.15) is 23.0 Å². The van der Waals surface area contributed by atoms with Crippen LogP contribution in [0, 0.1) is 6.92 Å². The molecule has 0 aliphatic carbocycles.